The standard InChI is InChI=1S/C29H30N2O4S/c1-19-12-24-6-4-5-7-28(24)36(34,35)31(17-19)18-25-14-23(10-8-20(25)2)27(15-29(32)33)26-11-9-22(16-30)13-21(26)3/h4-11,13-14,19,27H,12,15,17-18H2,1-3H3,(H,32,33). The highest BCUT2D eigenvalue weighted by Crippen LogP contribution is 2.34. The zero-order valence-electron chi connectivity index (χ0n) is 20.7. The summed E-state index contributed by atoms with van der Waals surface area (Å²) in [6.45, 7) is 6.51. The van der Waals surface area contributed by atoms with Crippen molar-refractivity contribution < 1.29 is 18.3 Å². The summed E-state index contributed by atoms with van der Waals surface area (Å²) < 4.78 is 28.7. The molecule has 0 aromatic heterocycles. The van der Waals surface area contributed by atoms with Crippen LogP contribution < -0.4 is 0 Å². The van der Waals surface area contributed by atoms with E-state index < -0.39 is 21.9 Å². The maximum Gasteiger partial charge on any atom is 0.304 e. The Morgan fingerprint density at radius 3 is 2.56 bits per heavy atom. The minimum Gasteiger partial charge on any atom is -0.481 e. The smallest absolute Gasteiger partial charge is 0.304 e. The summed E-state index contributed by atoms with van der Waals surface area (Å²) in [7, 11) is -3.68. The van der Waals surface area contributed by atoms with Gasteiger partial charge in [0.05, 0.1) is 22.9 Å². The number of benzene rings is 3. The van der Waals surface area contributed by atoms with E-state index in [1.807, 2.05) is 50.2 Å². The molecule has 1 aliphatic heterocycles. The van der Waals surface area contributed by atoms with Gasteiger partial charge in [0.2, 0.25) is 10.0 Å². The lowest BCUT2D eigenvalue weighted by Gasteiger charge is -2.25. The molecule has 3 aromatic carbocycles. The Kier molecular flexibility index (Phi) is 7.30. The van der Waals surface area contributed by atoms with Gasteiger partial charge in [-0.2, -0.15) is 9.57 Å². The fraction of sp³-hybridized carbons (Fsp3) is 0.310. The molecule has 0 saturated carbocycles. The number of rotatable bonds is 6. The van der Waals surface area contributed by atoms with Gasteiger partial charge in [0.15, 0.2) is 0 Å². The molecule has 186 valence electrons. The predicted molar refractivity (Wildman–Crippen MR) is 138 cm³/mol. The monoisotopic (exact) mass is 502 g/mol. The van der Waals surface area contributed by atoms with E-state index in [0.717, 1.165) is 33.4 Å². The van der Waals surface area contributed by atoms with E-state index in [1.165, 1.54) is 0 Å². The Morgan fingerprint density at radius 1 is 1.11 bits per heavy atom. The normalized spacial score (nSPS) is 18.0. The summed E-state index contributed by atoms with van der Waals surface area (Å²) in [6.07, 6.45) is 0.589. The van der Waals surface area contributed by atoms with Crippen LogP contribution in [0.2, 0.25) is 0 Å². The molecule has 0 amide bonds. The van der Waals surface area contributed by atoms with Gasteiger partial charge in [-0.25, -0.2) is 8.42 Å². The minimum absolute atomic E-state index is 0.109. The number of aliphatic carboxylic acids is 1. The zero-order valence-corrected chi connectivity index (χ0v) is 21.5. The highest BCUT2D eigenvalue weighted by Gasteiger charge is 2.32. The Hall–Kier alpha value is -3.47. The van der Waals surface area contributed by atoms with Crippen LogP contribution in [-0.2, 0) is 27.8 Å². The lowest BCUT2D eigenvalue weighted by Crippen LogP contribution is -2.33. The molecular formula is C29H30N2O4S. The van der Waals surface area contributed by atoms with E-state index in [-0.39, 0.29) is 18.9 Å². The van der Waals surface area contributed by atoms with E-state index in [0.29, 0.717) is 23.4 Å². The first-order chi connectivity index (χ1) is 17.1. The van der Waals surface area contributed by atoms with Crippen LogP contribution in [0, 0.1) is 31.1 Å². The summed E-state index contributed by atoms with van der Waals surface area (Å²) in [5.74, 6) is -1.19. The third kappa shape index (κ3) is 5.20. The fourth-order valence-electron chi connectivity index (χ4n) is 5.09. The Bertz CT molecular complexity index is 1460. The van der Waals surface area contributed by atoms with Crippen LogP contribution in [0.1, 0.15) is 58.2 Å². The SMILES string of the molecule is Cc1ccc(C(CC(=O)O)c2ccc(C#N)cc2C)cc1CN1CC(C)Cc2ccccc2S1(=O)=O. The van der Waals surface area contributed by atoms with E-state index in [9.17, 15) is 23.6 Å². The summed E-state index contributed by atoms with van der Waals surface area (Å²) in [6, 6.07) is 20.4. The van der Waals surface area contributed by atoms with Crippen LogP contribution in [0.5, 0.6) is 0 Å². The summed E-state index contributed by atoms with van der Waals surface area (Å²) in [5.41, 5.74) is 5.67. The van der Waals surface area contributed by atoms with Crippen LogP contribution in [0.15, 0.2) is 65.6 Å². The summed E-state index contributed by atoms with van der Waals surface area (Å²) in [4.78, 5) is 12.2. The average Bonchev–Trinajstić information content (AvgIpc) is 2.92. The number of nitrogens with zero attached hydrogens (tertiary/aromatic N) is 2. The van der Waals surface area contributed by atoms with Crippen molar-refractivity contribution in [3.63, 3.8) is 0 Å². The van der Waals surface area contributed by atoms with Gasteiger partial charge in [-0.15, -0.1) is 0 Å². The van der Waals surface area contributed by atoms with Gasteiger partial charge in [-0.1, -0.05) is 49.4 Å². The highest BCUT2D eigenvalue weighted by atomic mass is 32.2. The number of carbonyl (C=O) groups is 1. The van der Waals surface area contributed by atoms with Gasteiger partial charge in [0.25, 0.3) is 0 Å². The molecule has 0 radical (unpaired) electrons. The van der Waals surface area contributed by atoms with Crippen LogP contribution in [-0.4, -0.2) is 30.3 Å². The van der Waals surface area contributed by atoms with Gasteiger partial charge in [0, 0.05) is 19.0 Å². The summed E-state index contributed by atoms with van der Waals surface area (Å²) in [5, 5.41) is 18.9. The molecule has 1 aliphatic rings. The van der Waals surface area contributed by atoms with Crippen molar-refractivity contribution in [2.45, 2.75) is 51.0 Å². The molecular weight excluding hydrogens is 472 g/mol. The Labute approximate surface area is 212 Å². The maximum atomic E-state index is 13.6. The maximum absolute atomic E-state index is 13.6. The van der Waals surface area contributed by atoms with Gasteiger partial charge in [0.1, 0.15) is 0 Å². The number of carboxylic acids is 1. The molecule has 7 heteroatoms. The number of hydrogen-bond donors (Lipinski definition) is 1. The molecule has 0 fully saturated rings. The first-order valence-corrected chi connectivity index (χ1v) is 13.4. The number of carboxylic acid groups (broad SMARTS) is 1. The van der Waals surface area contributed by atoms with Crippen molar-refractivity contribution in [3.8, 4) is 6.07 Å². The zero-order chi connectivity index (χ0) is 26.0. The second-order valence-electron chi connectivity index (χ2n) is 9.73. The number of hydrogen-bond acceptors (Lipinski definition) is 4. The topological polar surface area (TPSA) is 98.5 Å². The van der Waals surface area contributed by atoms with E-state index in [1.54, 1.807) is 28.6 Å². The van der Waals surface area contributed by atoms with Crippen molar-refractivity contribution in [2.24, 2.45) is 5.92 Å². The van der Waals surface area contributed by atoms with Crippen molar-refractivity contribution in [1.29, 1.82) is 5.26 Å². The molecule has 1 heterocycles. The van der Waals surface area contributed by atoms with Crippen molar-refractivity contribution in [1.82, 2.24) is 4.31 Å². The molecule has 4 rings (SSSR count). The van der Waals surface area contributed by atoms with Crippen LogP contribution in [0.25, 0.3) is 0 Å². The van der Waals surface area contributed by atoms with Gasteiger partial charge in [-0.05, 0) is 77.8 Å². The quantitative estimate of drug-likeness (QED) is 0.502. The van der Waals surface area contributed by atoms with Crippen molar-refractivity contribution in [2.75, 3.05) is 6.54 Å². The molecule has 2 atom stereocenters. The molecule has 36 heavy (non-hydrogen) atoms. The first-order valence-electron chi connectivity index (χ1n) is 12.0. The number of sulfonamides is 1. The Balaban J connectivity index is 1.74. The second-order valence-corrected chi connectivity index (χ2v) is 11.6. The third-order valence-electron chi connectivity index (χ3n) is 6.95. The molecule has 6 nitrogen and oxygen atoms in total. The van der Waals surface area contributed by atoms with Gasteiger partial charge >= 0.3 is 5.97 Å². The Morgan fingerprint density at radius 2 is 1.86 bits per heavy atom. The third-order valence-corrected chi connectivity index (χ3v) is 8.86. The van der Waals surface area contributed by atoms with E-state index >= 15 is 0 Å². The fourth-order valence-corrected chi connectivity index (χ4v) is 6.86. The van der Waals surface area contributed by atoms with Crippen molar-refractivity contribution in [3.05, 3.63) is 99.6 Å². The molecule has 0 spiro atoms. The lowest BCUT2D eigenvalue weighted by atomic mass is 9.84. The van der Waals surface area contributed by atoms with Crippen LogP contribution in [0.4, 0.5) is 0 Å². The number of aryl methyl sites for hydroxylation is 2. The average molecular weight is 503 g/mol. The summed E-state index contributed by atoms with van der Waals surface area (Å²) >= 11 is 0. The molecule has 0 saturated heterocycles. The molecule has 1 N–H and O–H groups in total. The van der Waals surface area contributed by atoms with Crippen molar-refractivity contribution >= 4 is 16.0 Å². The van der Waals surface area contributed by atoms with Crippen LogP contribution >= 0.6 is 0 Å². The number of fused-ring (bicyclic) bond motifs is 1. The molecule has 3 aromatic rings. The minimum atomic E-state index is -3.68. The first kappa shape index (κ1) is 25.6. The highest BCUT2D eigenvalue weighted by molar-refractivity contribution is 7.89. The van der Waals surface area contributed by atoms with Crippen LogP contribution in [0.3, 0.4) is 0 Å². The predicted octanol–water partition coefficient (Wildman–Crippen LogP) is 5.16. The van der Waals surface area contributed by atoms with Gasteiger partial charge < -0.3 is 5.11 Å². The lowest BCUT2D eigenvalue weighted by molar-refractivity contribution is -0.137. The van der Waals surface area contributed by atoms with E-state index in [4.69, 9.17) is 0 Å². The molecule has 2 unspecified atom stereocenters. The van der Waals surface area contributed by atoms with E-state index in [2.05, 4.69) is 13.0 Å². The largest absolute Gasteiger partial charge is 0.481 e. The number of nitriles is 1. The molecule has 0 bridgehead atoms. The second kappa shape index (κ2) is 10.3. The van der Waals surface area contributed by atoms with Gasteiger partial charge in [-0.3, -0.25) is 4.79 Å². The molecule has 0 aliphatic carbocycles.